The first-order chi connectivity index (χ1) is 15.2. The normalized spacial score (nSPS) is 15.0. The van der Waals surface area contributed by atoms with Gasteiger partial charge in [-0.15, -0.1) is 51.6 Å². The summed E-state index contributed by atoms with van der Waals surface area (Å²) in [5.74, 6) is 0. The Morgan fingerprint density at radius 2 is 1.00 bits per heavy atom. The van der Waals surface area contributed by atoms with Crippen molar-refractivity contribution in [3.8, 4) is 0 Å². The van der Waals surface area contributed by atoms with E-state index in [1.807, 2.05) is 12.1 Å². The van der Waals surface area contributed by atoms with Gasteiger partial charge in [-0.3, -0.25) is 10.4 Å². The predicted molar refractivity (Wildman–Crippen MR) is 129 cm³/mol. The van der Waals surface area contributed by atoms with Crippen molar-refractivity contribution >= 4 is 57.8 Å². The zero-order valence-electron chi connectivity index (χ0n) is 16.4. The average molecular weight is 516 g/mol. The molecule has 0 amide bonds. The van der Waals surface area contributed by atoms with Crippen LogP contribution in [-0.4, -0.2) is 10.4 Å². The summed E-state index contributed by atoms with van der Waals surface area (Å²) < 4.78 is 0. The van der Waals surface area contributed by atoms with Crippen molar-refractivity contribution in [3.63, 3.8) is 0 Å². The second kappa shape index (κ2) is 10.9. The lowest BCUT2D eigenvalue weighted by atomic mass is 9.95. The molecular weight excluding hydrogens is 498 g/mol. The van der Waals surface area contributed by atoms with E-state index in [0.717, 1.165) is 6.07 Å². The third kappa shape index (κ3) is 5.42. The molecule has 0 spiro atoms. The zero-order valence-corrected chi connectivity index (χ0v) is 19.4. The molecule has 0 heterocycles. The number of hydrogen-bond donors (Lipinski definition) is 2. The molecule has 0 aromatic heterocycles. The molecule has 0 saturated carbocycles. The first-order valence-corrected chi connectivity index (χ1v) is 11.1. The second-order valence-corrected chi connectivity index (χ2v) is 8.83. The fraction of sp³-hybridized carbons (Fsp3) is 0.182. The van der Waals surface area contributed by atoms with E-state index < -0.39 is 32.4 Å². The van der Waals surface area contributed by atoms with Gasteiger partial charge in [-0.2, -0.15) is 0 Å². The summed E-state index contributed by atoms with van der Waals surface area (Å²) in [5, 5.41) is 38.5. The van der Waals surface area contributed by atoms with Crippen molar-refractivity contribution in [2.45, 2.75) is 21.5 Å². The Bertz CT molecular complexity index is 946. The molecule has 170 valence electrons. The standard InChI is InChI=1S/C22H18Cl4N2O4/c23-19(13-7-3-1-4-8-13)21(25)15-11-16(18(28(31)32)12-17(15)27(29)30)22(26)20(24)14-9-5-2-6-10-14/h1-12,19-22,29-30H/q-2/t19-,20-,21-,22+/m1/s1. The van der Waals surface area contributed by atoms with E-state index in [-0.39, 0.29) is 22.0 Å². The van der Waals surface area contributed by atoms with Gasteiger partial charge in [0, 0.05) is 11.3 Å². The number of halogens is 4. The van der Waals surface area contributed by atoms with Crippen molar-refractivity contribution in [3.05, 3.63) is 105 Å². The van der Waals surface area contributed by atoms with Crippen LogP contribution in [0.3, 0.4) is 0 Å². The first-order valence-electron chi connectivity index (χ1n) is 9.38. The molecular formula is C22H18Cl4N2O4-2. The van der Waals surface area contributed by atoms with E-state index >= 15 is 0 Å². The van der Waals surface area contributed by atoms with Crippen molar-refractivity contribution in [2.24, 2.45) is 0 Å². The predicted octanol–water partition coefficient (Wildman–Crippen LogP) is 7.59. The Balaban J connectivity index is 2.10. The van der Waals surface area contributed by atoms with Crippen LogP contribution < -0.4 is 10.5 Å². The lowest BCUT2D eigenvalue weighted by Crippen LogP contribution is -2.18. The molecule has 2 N–H and O–H groups in total. The van der Waals surface area contributed by atoms with Crippen LogP contribution in [0.15, 0.2) is 72.8 Å². The minimum atomic E-state index is -1.02. The topological polar surface area (TPSA) is 93.1 Å². The molecule has 3 rings (SSSR count). The lowest BCUT2D eigenvalue weighted by Gasteiger charge is -2.41. The number of hydrogen-bond acceptors (Lipinski definition) is 6. The van der Waals surface area contributed by atoms with E-state index in [1.165, 1.54) is 6.07 Å². The monoisotopic (exact) mass is 514 g/mol. The Kier molecular flexibility index (Phi) is 8.49. The maximum atomic E-state index is 11.8. The van der Waals surface area contributed by atoms with Crippen LogP contribution in [0.4, 0.5) is 11.4 Å². The molecule has 0 saturated heterocycles. The summed E-state index contributed by atoms with van der Waals surface area (Å²) in [4.78, 5) is 0. The maximum Gasteiger partial charge on any atom is 0.101 e. The van der Waals surface area contributed by atoms with Gasteiger partial charge < -0.3 is 15.6 Å². The number of alkyl halides is 4. The molecule has 0 aliphatic heterocycles. The molecule has 6 nitrogen and oxygen atoms in total. The molecule has 0 aliphatic carbocycles. The van der Waals surface area contributed by atoms with Gasteiger partial charge in [-0.25, -0.2) is 0 Å². The third-order valence-corrected chi connectivity index (χ3v) is 7.17. The summed E-state index contributed by atoms with van der Waals surface area (Å²) in [5.41, 5.74) is 0.837. The highest BCUT2D eigenvalue weighted by Crippen LogP contribution is 2.49. The highest BCUT2D eigenvalue weighted by Gasteiger charge is 2.29. The second-order valence-electron chi connectivity index (χ2n) is 6.94. The quantitative estimate of drug-likeness (QED) is 0.237. The van der Waals surface area contributed by atoms with E-state index in [0.29, 0.717) is 11.1 Å². The van der Waals surface area contributed by atoms with Crippen LogP contribution >= 0.6 is 46.4 Å². The Morgan fingerprint density at radius 1 is 0.594 bits per heavy atom. The summed E-state index contributed by atoms with van der Waals surface area (Å²) in [7, 11) is 0. The molecule has 3 aromatic carbocycles. The smallest absolute Gasteiger partial charge is 0.101 e. The largest absolute Gasteiger partial charge is 0.769 e. The van der Waals surface area contributed by atoms with Gasteiger partial charge in [0.25, 0.3) is 0 Å². The molecule has 0 unspecified atom stereocenters. The van der Waals surface area contributed by atoms with Crippen LogP contribution in [0.1, 0.15) is 43.8 Å². The summed E-state index contributed by atoms with van der Waals surface area (Å²) >= 11 is 26.3. The molecule has 0 fully saturated rings. The van der Waals surface area contributed by atoms with E-state index in [4.69, 9.17) is 46.4 Å². The van der Waals surface area contributed by atoms with E-state index in [9.17, 15) is 20.8 Å². The molecule has 32 heavy (non-hydrogen) atoms. The lowest BCUT2D eigenvalue weighted by molar-refractivity contribution is 0.0286. The fourth-order valence-electron chi connectivity index (χ4n) is 3.31. The molecule has 0 bridgehead atoms. The molecule has 10 heteroatoms. The minimum absolute atomic E-state index is 0.0729. The SMILES string of the molecule is [O-]N([O-])c1cc(N(O)O)c([C@@H](Cl)[C@H](Cl)c2ccccc2)cc1[C@H](Cl)[C@H](Cl)c1ccccc1. The number of anilines is 2. The fourth-order valence-corrected chi connectivity index (χ4v) is 4.51. The Morgan fingerprint density at radius 3 is 1.38 bits per heavy atom. The zero-order chi connectivity index (χ0) is 23.4. The molecule has 0 aliphatic rings. The maximum absolute atomic E-state index is 11.8. The Hall–Kier alpha value is -1.74. The highest BCUT2D eigenvalue weighted by molar-refractivity contribution is 6.31. The van der Waals surface area contributed by atoms with Gasteiger partial charge in [0.05, 0.1) is 21.5 Å². The van der Waals surface area contributed by atoms with Crippen LogP contribution in [0.25, 0.3) is 0 Å². The first kappa shape index (κ1) is 24.9. The number of nitrogens with zero attached hydrogens (tertiary/aromatic N) is 2. The van der Waals surface area contributed by atoms with Gasteiger partial charge in [0.1, 0.15) is 5.69 Å². The van der Waals surface area contributed by atoms with Gasteiger partial charge in [0.15, 0.2) is 0 Å². The number of benzene rings is 3. The van der Waals surface area contributed by atoms with Gasteiger partial charge in [0.2, 0.25) is 0 Å². The third-order valence-electron chi connectivity index (χ3n) is 4.93. The van der Waals surface area contributed by atoms with Gasteiger partial charge in [-0.05, 0) is 28.8 Å². The van der Waals surface area contributed by atoms with Gasteiger partial charge in [-0.1, -0.05) is 60.7 Å². The van der Waals surface area contributed by atoms with E-state index in [1.54, 1.807) is 48.5 Å². The van der Waals surface area contributed by atoms with Crippen LogP contribution in [0.5, 0.6) is 0 Å². The van der Waals surface area contributed by atoms with Crippen LogP contribution in [0.2, 0.25) is 0 Å². The number of rotatable bonds is 8. The minimum Gasteiger partial charge on any atom is -0.769 e. The van der Waals surface area contributed by atoms with Crippen molar-refractivity contribution in [2.75, 3.05) is 10.5 Å². The molecule has 4 atom stereocenters. The van der Waals surface area contributed by atoms with Crippen molar-refractivity contribution < 1.29 is 10.4 Å². The highest BCUT2D eigenvalue weighted by atomic mass is 35.5. The van der Waals surface area contributed by atoms with Crippen molar-refractivity contribution in [1.82, 2.24) is 0 Å². The molecule has 0 radical (unpaired) electrons. The summed E-state index contributed by atoms with van der Waals surface area (Å²) in [6, 6.07) is 20.1. The van der Waals surface area contributed by atoms with Crippen LogP contribution in [-0.2, 0) is 0 Å². The van der Waals surface area contributed by atoms with E-state index in [2.05, 4.69) is 0 Å². The van der Waals surface area contributed by atoms with Crippen LogP contribution in [0, 0.1) is 10.4 Å². The Labute approximate surface area is 205 Å². The summed E-state index contributed by atoms with van der Waals surface area (Å²) in [6.07, 6.45) is 0. The van der Waals surface area contributed by atoms with Gasteiger partial charge >= 0.3 is 0 Å². The van der Waals surface area contributed by atoms with Crippen molar-refractivity contribution in [1.29, 1.82) is 0 Å². The molecule has 3 aromatic rings. The average Bonchev–Trinajstić information content (AvgIpc) is 2.82. The summed E-state index contributed by atoms with van der Waals surface area (Å²) in [6.45, 7) is 0.